The van der Waals surface area contributed by atoms with Crippen molar-refractivity contribution in [2.24, 2.45) is 0 Å². The van der Waals surface area contributed by atoms with Crippen molar-refractivity contribution in [2.45, 2.75) is 18.9 Å². The molecule has 0 spiro atoms. The molecule has 1 aromatic rings. The van der Waals surface area contributed by atoms with Gasteiger partial charge in [0.05, 0.1) is 6.10 Å². The largest absolute Gasteiger partial charge is 0.393 e. The first-order chi connectivity index (χ1) is 7.49. The van der Waals surface area contributed by atoms with E-state index in [9.17, 15) is 9.50 Å². The molecule has 1 rings (SSSR count). The van der Waals surface area contributed by atoms with Crippen molar-refractivity contribution in [1.82, 2.24) is 4.90 Å². The third-order valence-corrected chi connectivity index (χ3v) is 2.74. The van der Waals surface area contributed by atoms with Gasteiger partial charge in [-0.15, -0.1) is 0 Å². The topological polar surface area (TPSA) is 23.5 Å². The van der Waals surface area contributed by atoms with Crippen molar-refractivity contribution >= 4 is 11.6 Å². The van der Waals surface area contributed by atoms with E-state index < -0.39 is 6.10 Å². The highest BCUT2D eigenvalue weighted by molar-refractivity contribution is 6.31. The Balaban J connectivity index is 2.55. The van der Waals surface area contributed by atoms with Gasteiger partial charge in [0.15, 0.2) is 0 Å². The van der Waals surface area contributed by atoms with E-state index in [0.29, 0.717) is 23.4 Å². The van der Waals surface area contributed by atoms with Gasteiger partial charge in [-0.3, -0.25) is 0 Å². The molecule has 0 bridgehead atoms. The molecule has 2 nitrogen and oxygen atoms in total. The van der Waals surface area contributed by atoms with Crippen LogP contribution >= 0.6 is 11.6 Å². The molecule has 0 saturated carbocycles. The molecule has 16 heavy (non-hydrogen) atoms. The Morgan fingerprint density at radius 1 is 1.44 bits per heavy atom. The fourth-order valence-electron chi connectivity index (χ4n) is 1.46. The average Bonchev–Trinajstić information content (AvgIpc) is 2.20. The van der Waals surface area contributed by atoms with Gasteiger partial charge in [0, 0.05) is 5.02 Å². The van der Waals surface area contributed by atoms with Crippen molar-refractivity contribution < 1.29 is 9.50 Å². The molecule has 1 atom stereocenters. The summed E-state index contributed by atoms with van der Waals surface area (Å²) in [6.07, 6.45) is 0.561. The zero-order chi connectivity index (χ0) is 12.1. The molecule has 1 N–H and O–H groups in total. The molecule has 0 saturated heterocycles. The van der Waals surface area contributed by atoms with Crippen LogP contribution in [-0.4, -0.2) is 36.8 Å². The number of hydrogen-bond donors (Lipinski definition) is 1. The van der Waals surface area contributed by atoms with Crippen molar-refractivity contribution in [3.05, 3.63) is 34.6 Å². The predicted molar refractivity (Wildman–Crippen MR) is 64.3 cm³/mol. The number of rotatable bonds is 5. The summed E-state index contributed by atoms with van der Waals surface area (Å²) in [6, 6.07) is 4.21. The number of aliphatic hydroxyl groups excluding tert-OH is 1. The van der Waals surface area contributed by atoms with E-state index >= 15 is 0 Å². The quantitative estimate of drug-likeness (QED) is 0.861. The predicted octanol–water partition coefficient (Wildman–Crippen LogP) is 2.33. The van der Waals surface area contributed by atoms with Crippen LogP contribution in [0.3, 0.4) is 0 Å². The summed E-state index contributed by atoms with van der Waals surface area (Å²) in [4.78, 5) is 2.00. The van der Waals surface area contributed by atoms with Crippen LogP contribution < -0.4 is 0 Å². The van der Waals surface area contributed by atoms with Crippen molar-refractivity contribution in [2.75, 3.05) is 20.6 Å². The highest BCUT2D eigenvalue weighted by atomic mass is 35.5. The zero-order valence-corrected chi connectivity index (χ0v) is 10.3. The van der Waals surface area contributed by atoms with E-state index in [1.807, 2.05) is 19.0 Å². The van der Waals surface area contributed by atoms with Crippen molar-refractivity contribution in [1.29, 1.82) is 0 Å². The minimum absolute atomic E-state index is 0.320. The summed E-state index contributed by atoms with van der Waals surface area (Å²) in [5.74, 6) is -0.320. The van der Waals surface area contributed by atoms with Gasteiger partial charge in [-0.05, 0) is 57.2 Å². The standard InChI is InChI=1S/C12H17ClFNO/c1-15(2)6-5-11(16)8-9-7-10(14)3-4-12(9)13/h3-4,7,11,16H,5-6,8H2,1-2H3. The Hall–Kier alpha value is -0.640. The van der Waals surface area contributed by atoms with E-state index in [1.165, 1.54) is 18.2 Å². The lowest BCUT2D eigenvalue weighted by Crippen LogP contribution is -2.21. The maximum atomic E-state index is 13.0. The monoisotopic (exact) mass is 245 g/mol. The van der Waals surface area contributed by atoms with Gasteiger partial charge in [0.2, 0.25) is 0 Å². The van der Waals surface area contributed by atoms with E-state index in [1.54, 1.807) is 0 Å². The Morgan fingerprint density at radius 3 is 2.75 bits per heavy atom. The van der Waals surface area contributed by atoms with Crippen LogP contribution in [0, 0.1) is 5.82 Å². The Kier molecular flexibility index (Phi) is 5.19. The normalized spacial score (nSPS) is 13.1. The zero-order valence-electron chi connectivity index (χ0n) is 9.58. The van der Waals surface area contributed by atoms with Crippen LogP contribution in [0.25, 0.3) is 0 Å². The molecule has 0 radical (unpaired) electrons. The number of benzene rings is 1. The summed E-state index contributed by atoms with van der Waals surface area (Å²) in [5, 5.41) is 10.3. The third kappa shape index (κ3) is 4.47. The van der Waals surface area contributed by atoms with Crippen LogP contribution in [0.1, 0.15) is 12.0 Å². The van der Waals surface area contributed by atoms with Gasteiger partial charge in [0.1, 0.15) is 5.82 Å². The first-order valence-electron chi connectivity index (χ1n) is 5.25. The Morgan fingerprint density at radius 2 is 2.12 bits per heavy atom. The smallest absolute Gasteiger partial charge is 0.123 e. The molecule has 0 aliphatic heterocycles. The number of halogens is 2. The van der Waals surface area contributed by atoms with E-state index in [4.69, 9.17) is 11.6 Å². The number of aliphatic hydroxyl groups is 1. The van der Waals surface area contributed by atoms with Gasteiger partial charge >= 0.3 is 0 Å². The molecule has 0 fully saturated rings. The van der Waals surface area contributed by atoms with Gasteiger partial charge in [-0.25, -0.2) is 4.39 Å². The minimum Gasteiger partial charge on any atom is -0.393 e. The molecule has 0 heterocycles. The fourth-order valence-corrected chi connectivity index (χ4v) is 1.66. The summed E-state index contributed by atoms with van der Waals surface area (Å²) in [5.41, 5.74) is 0.660. The lowest BCUT2D eigenvalue weighted by atomic mass is 10.1. The highest BCUT2D eigenvalue weighted by Crippen LogP contribution is 2.19. The maximum Gasteiger partial charge on any atom is 0.123 e. The molecule has 1 aromatic carbocycles. The number of nitrogens with zero attached hydrogens (tertiary/aromatic N) is 1. The lowest BCUT2D eigenvalue weighted by molar-refractivity contribution is 0.152. The molecule has 0 amide bonds. The maximum absolute atomic E-state index is 13.0. The van der Waals surface area contributed by atoms with Crippen molar-refractivity contribution in [3.63, 3.8) is 0 Å². The van der Waals surface area contributed by atoms with Crippen LogP contribution in [0.5, 0.6) is 0 Å². The summed E-state index contributed by atoms with van der Waals surface area (Å²) in [7, 11) is 3.89. The summed E-state index contributed by atoms with van der Waals surface area (Å²) in [6.45, 7) is 0.800. The first-order valence-corrected chi connectivity index (χ1v) is 5.63. The van der Waals surface area contributed by atoms with Crippen LogP contribution in [-0.2, 0) is 6.42 Å². The second-order valence-corrected chi connectivity index (χ2v) is 4.59. The third-order valence-electron chi connectivity index (χ3n) is 2.37. The van der Waals surface area contributed by atoms with Gasteiger partial charge in [-0.2, -0.15) is 0 Å². The van der Waals surface area contributed by atoms with Crippen LogP contribution in [0.2, 0.25) is 5.02 Å². The number of hydrogen-bond acceptors (Lipinski definition) is 2. The molecule has 0 aromatic heterocycles. The lowest BCUT2D eigenvalue weighted by Gasteiger charge is -2.15. The van der Waals surface area contributed by atoms with Crippen molar-refractivity contribution in [3.8, 4) is 0 Å². The fraction of sp³-hybridized carbons (Fsp3) is 0.500. The summed E-state index contributed by atoms with van der Waals surface area (Å²) < 4.78 is 13.0. The van der Waals surface area contributed by atoms with Crippen LogP contribution in [0.15, 0.2) is 18.2 Å². The van der Waals surface area contributed by atoms with E-state index in [2.05, 4.69) is 0 Å². The van der Waals surface area contributed by atoms with Crippen LogP contribution in [0.4, 0.5) is 4.39 Å². The minimum atomic E-state index is -0.485. The van der Waals surface area contributed by atoms with Gasteiger partial charge < -0.3 is 10.0 Å². The SMILES string of the molecule is CN(C)CCC(O)Cc1cc(F)ccc1Cl. The highest BCUT2D eigenvalue weighted by Gasteiger charge is 2.09. The first kappa shape index (κ1) is 13.4. The molecule has 1 unspecified atom stereocenters. The van der Waals surface area contributed by atoms with Gasteiger partial charge in [0.25, 0.3) is 0 Å². The molecule has 90 valence electrons. The molecule has 4 heteroatoms. The van der Waals surface area contributed by atoms with Gasteiger partial charge in [-0.1, -0.05) is 11.6 Å². The summed E-state index contributed by atoms with van der Waals surface area (Å²) >= 11 is 5.91. The Labute approximate surface area is 101 Å². The Bertz CT molecular complexity index is 344. The molecule has 0 aliphatic carbocycles. The molecular weight excluding hydrogens is 229 g/mol. The molecule has 0 aliphatic rings. The van der Waals surface area contributed by atoms with E-state index in [-0.39, 0.29) is 5.82 Å². The second kappa shape index (κ2) is 6.18. The van der Waals surface area contributed by atoms with E-state index in [0.717, 1.165) is 6.54 Å². The second-order valence-electron chi connectivity index (χ2n) is 4.19. The average molecular weight is 246 g/mol. The molecular formula is C12H17ClFNO.